The molecule has 1 amide bonds. The molecule has 4 rings (SSSR count). The van der Waals surface area contributed by atoms with E-state index in [1.165, 1.54) is 30.3 Å². The van der Waals surface area contributed by atoms with E-state index in [4.69, 9.17) is 0 Å². The van der Waals surface area contributed by atoms with Gasteiger partial charge in [0.05, 0.1) is 5.41 Å². The van der Waals surface area contributed by atoms with Crippen LogP contribution in [0.15, 0.2) is 42.5 Å². The quantitative estimate of drug-likeness (QED) is 0.867. The molecular weight excluding hydrogens is 347 g/mol. The number of carbonyl (C=O) groups is 1. The molecule has 2 aliphatic rings. The average molecular weight is 363 g/mol. The summed E-state index contributed by atoms with van der Waals surface area (Å²) in [5.41, 5.74) is 0.111. The van der Waals surface area contributed by atoms with Gasteiger partial charge in [-0.05, 0) is 42.7 Å². The molecule has 0 atom stereocenters. The summed E-state index contributed by atoms with van der Waals surface area (Å²) in [6.45, 7) is 0. The number of carbonyl (C=O) groups excluding carboxylic acids is 1. The second kappa shape index (κ2) is 5.93. The van der Waals surface area contributed by atoms with Crippen molar-refractivity contribution in [3.63, 3.8) is 0 Å². The monoisotopic (exact) mass is 363 g/mol. The number of amides is 1. The van der Waals surface area contributed by atoms with Gasteiger partial charge in [0, 0.05) is 11.8 Å². The smallest absolute Gasteiger partial charge is 0.395 e. The van der Waals surface area contributed by atoms with Crippen molar-refractivity contribution in [1.82, 2.24) is 0 Å². The first-order valence-corrected chi connectivity index (χ1v) is 8.35. The minimum atomic E-state index is -3.71. The van der Waals surface area contributed by atoms with E-state index in [0.29, 0.717) is 24.1 Å². The molecule has 2 aromatic rings. The molecule has 0 saturated heterocycles. The van der Waals surface area contributed by atoms with Crippen LogP contribution in [0.4, 0.5) is 18.9 Å². The van der Waals surface area contributed by atoms with E-state index in [-0.39, 0.29) is 17.4 Å². The summed E-state index contributed by atoms with van der Waals surface area (Å²) < 4.78 is 48.7. The van der Waals surface area contributed by atoms with Gasteiger partial charge in [-0.2, -0.15) is 0 Å². The zero-order valence-electron chi connectivity index (χ0n) is 13.7. The zero-order chi connectivity index (χ0) is 18.4. The van der Waals surface area contributed by atoms with Crippen molar-refractivity contribution in [3.05, 3.63) is 53.8 Å². The number of benzene rings is 2. The third kappa shape index (κ3) is 2.87. The molecule has 0 radical (unpaired) electrons. The van der Waals surface area contributed by atoms with E-state index in [1.807, 2.05) is 0 Å². The van der Waals surface area contributed by atoms with Crippen LogP contribution < -0.4 is 14.8 Å². The normalized spacial score (nSPS) is 19.3. The first-order valence-electron chi connectivity index (χ1n) is 8.35. The lowest BCUT2D eigenvalue weighted by Gasteiger charge is -2.28. The van der Waals surface area contributed by atoms with Gasteiger partial charge in [0.25, 0.3) is 0 Å². The lowest BCUT2D eigenvalue weighted by Crippen LogP contribution is -2.38. The Morgan fingerprint density at radius 1 is 1.00 bits per heavy atom. The third-order valence-electron chi connectivity index (χ3n) is 4.93. The van der Waals surface area contributed by atoms with Gasteiger partial charge >= 0.3 is 6.29 Å². The molecule has 1 aliphatic heterocycles. The fourth-order valence-corrected chi connectivity index (χ4v) is 3.69. The van der Waals surface area contributed by atoms with E-state index in [0.717, 1.165) is 12.8 Å². The van der Waals surface area contributed by atoms with Crippen LogP contribution in [0.5, 0.6) is 11.5 Å². The molecular formula is C19H16F3NO3. The van der Waals surface area contributed by atoms with Gasteiger partial charge in [-0.1, -0.05) is 25.0 Å². The summed E-state index contributed by atoms with van der Waals surface area (Å²) in [4.78, 5) is 13.0. The Hall–Kier alpha value is -2.70. The lowest BCUT2D eigenvalue weighted by molar-refractivity contribution is -0.286. The van der Waals surface area contributed by atoms with Crippen molar-refractivity contribution in [3.8, 4) is 11.5 Å². The fourth-order valence-electron chi connectivity index (χ4n) is 3.69. The van der Waals surface area contributed by atoms with Crippen LogP contribution in [0.1, 0.15) is 31.2 Å². The van der Waals surface area contributed by atoms with E-state index in [1.54, 1.807) is 12.1 Å². The molecule has 1 saturated carbocycles. The van der Waals surface area contributed by atoms with Crippen LogP contribution in [0, 0.1) is 5.82 Å². The summed E-state index contributed by atoms with van der Waals surface area (Å²) in [6.07, 6.45) is -0.788. The molecule has 0 unspecified atom stereocenters. The zero-order valence-corrected chi connectivity index (χ0v) is 13.7. The Morgan fingerprint density at radius 2 is 1.73 bits per heavy atom. The molecule has 2 aromatic carbocycles. The first kappa shape index (κ1) is 16.8. The first-order chi connectivity index (χ1) is 12.4. The third-order valence-corrected chi connectivity index (χ3v) is 4.93. The van der Waals surface area contributed by atoms with Crippen molar-refractivity contribution in [2.75, 3.05) is 5.32 Å². The number of anilines is 1. The van der Waals surface area contributed by atoms with Gasteiger partial charge in [-0.15, -0.1) is 8.78 Å². The fraction of sp³-hybridized carbons (Fsp3) is 0.316. The highest BCUT2D eigenvalue weighted by Gasteiger charge is 2.45. The van der Waals surface area contributed by atoms with Gasteiger partial charge in [0.15, 0.2) is 11.5 Å². The number of nitrogens with one attached hydrogen (secondary N) is 1. The van der Waals surface area contributed by atoms with E-state index >= 15 is 0 Å². The van der Waals surface area contributed by atoms with Crippen LogP contribution in [0.3, 0.4) is 0 Å². The second-order valence-electron chi connectivity index (χ2n) is 6.58. The highest BCUT2D eigenvalue weighted by molar-refractivity contribution is 5.99. The molecule has 1 fully saturated rings. The number of hydrogen-bond acceptors (Lipinski definition) is 3. The van der Waals surface area contributed by atoms with Gasteiger partial charge in [0.1, 0.15) is 5.82 Å². The van der Waals surface area contributed by atoms with Crippen LogP contribution in [-0.2, 0) is 10.2 Å². The SMILES string of the molecule is O=C(Nc1ccc2c(c1)OC(F)(F)O2)C1(c2cccc(F)c2)CCCC1. The lowest BCUT2D eigenvalue weighted by atomic mass is 9.78. The minimum absolute atomic E-state index is 0.0892. The van der Waals surface area contributed by atoms with E-state index in [2.05, 4.69) is 14.8 Å². The molecule has 1 aliphatic carbocycles. The van der Waals surface area contributed by atoms with Crippen molar-refractivity contribution >= 4 is 11.6 Å². The number of rotatable bonds is 3. The molecule has 26 heavy (non-hydrogen) atoms. The standard InChI is InChI=1S/C19H16F3NO3/c20-13-5-3-4-12(10-13)18(8-1-2-9-18)17(24)23-14-6-7-15-16(11-14)26-19(21,22)25-15/h3-7,10-11H,1-2,8-9H2,(H,23,24). The molecule has 136 valence electrons. The van der Waals surface area contributed by atoms with Crippen LogP contribution in [-0.4, -0.2) is 12.2 Å². The topological polar surface area (TPSA) is 47.6 Å². The van der Waals surface area contributed by atoms with Crippen LogP contribution >= 0.6 is 0 Å². The highest BCUT2D eigenvalue weighted by atomic mass is 19.3. The number of hydrogen-bond donors (Lipinski definition) is 1. The second-order valence-corrected chi connectivity index (χ2v) is 6.58. The number of ether oxygens (including phenoxy) is 2. The number of fused-ring (bicyclic) bond motifs is 1. The summed E-state index contributed by atoms with van der Waals surface area (Å²) in [5, 5.41) is 2.76. The van der Waals surface area contributed by atoms with E-state index < -0.39 is 17.5 Å². The summed E-state index contributed by atoms with van der Waals surface area (Å²) in [6, 6.07) is 10.1. The van der Waals surface area contributed by atoms with Crippen molar-refractivity contribution < 1.29 is 27.4 Å². The maximum absolute atomic E-state index is 13.7. The molecule has 1 N–H and O–H groups in total. The van der Waals surface area contributed by atoms with Gasteiger partial charge in [-0.3, -0.25) is 4.79 Å². The largest absolute Gasteiger partial charge is 0.586 e. The van der Waals surface area contributed by atoms with Crippen molar-refractivity contribution in [1.29, 1.82) is 0 Å². The predicted molar refractivity (Wildman–Crippen MR) is 87.8 cm³/mol. The number of alkyl halides is 2. The predicted octanol–water partition coefficient (Wildman–Crippen LogP) is 4.60. The molecule has 0 bridgehead atoms. The molecule has 1 heterocycles. The Labute approximate surface area is 147 Å². The van der Waals surface area contributed by atoms with Gasteiger partial charge < -0.3 is 14.8 Å². The highest BCUT2D eigenvalue weighted by Crippen LogP contribution is 2.44. The van der Waals surface area contributed by atoms with Crippen LogP contribution in [0.2, 0.25) is 0 Å². The van der Waals surface area contributed by atoms with Crippen LogP contribution in [0.25, 0.3) is 0 Å². The van der Waals surface area contributed by atoms with Gasteiger partial charge in [0.2, 0.25) is 5.91 Å². The molecule has 4 nitrogen and oxygen atoms in total. The summed E-state index contributed by atoms with van der Waals surface area (Å²) in [5.74, 6) is -0.911. The molecule has 7 heteroatoms. The number of halogens is 3. The maximum Gasteiger partial charge on any atom is 0.586 e. The molecule has 0 spiro atoms. The minimum Gasteiger partial charge on any atom is -0.395 e. The average Bonchev–Trinajstić information content (AvgIpc) is 3.18. The summed E-state index contributed by atoms with van der Waals surface area (Å²) >= 11 is 0. The molecule has 0 aromatic heterocycles. The maximum atomic E-state index is 13.7. The Morgan fingerprint density at radius 3 is 2.46 bits per heavy atom. The Balaban J connectivity index is 1.61. The Bertz CT molecular complexity index is 863. The summed E-state index contributed by atoms with van der Waals surface area (Å²) in [7, 11) is 0. The van der Waals surface area contributed by atoms with E-state index in [9.17, 15) is 18.0 Å². The Kier molecular flexibility index (Phi) is 3.82. The van der Waals surface area contributed by atoms with Gasteiger partial charge in [-0.25, -0.2) is 4.39 Å². The van der Waals surface area contributed by atoms with Crippen molar-refractivity contribution in [2.24, 2.45) is 0 Å². The van der Waals surface area contributed by atoms with Crippen molar-refractivity contribution in [2.45, 2.75) is 37.4 Å².